The van der Waals surface area contributed by atoms with Gasteiger partial charge in [-0.05, 0) is 75.2 Å². The summed E-state index contributed by atoms with van der Waals surface area (Å²) in [7, 11) is 0. The number of H-pyrrole nitrogens is 1. The van der Waals surface area contributed by atoms with Gasteiger partial charge in [-0.2, -0.15) is 0 Å². The second kappa shape index (κ2) is 11.8. The van der Waals surface area contributed by atoms with Crippen LogP contribution >= 0.6 is 0 Å². The van der Waals surface area contributed by atoms with E-state index in [1.807, 2.05) is 18.2 Å². The smallest absolute Gasteiger partial charge is 0.414 e. The number of halogens is 1. The fraction of sp³-hybridized carbons (Fsp3) is 0.464. The third-order valence-corrected chi connectivity index (χ3v) is 7.18. The summed E-state index contributed by atoms with van der Waals surface area (Å²) in [6.45, 7) is 6.71. The summed E-state index contributed by atoms with van der Waals surface area (Å²) in [5.41, 5.74) is 0.787. The normalized spacial score (nSPS) is 18.1. The largest absolute Gasteiger partial charge is 0.457 e. The molecule has 7 nitrogen and oxygen atoms in total. The molecule has 0 spiro atoms. The molecule has 1 aromatic heterocycles. The molecular formula is C28H35FN4O3. The third kappa shape index (κ3) is 6.56. The molecule has 2 aliphatic heterocycles. The monoisotopic (exact) mass is 494 g/mol. The number of fused-ring (bicyclic) bond motifs is 1. The van der Waals surface area contributed by atoms with Gasteiger partial charge in [0.1, 0.15) is 17.3 Å². The first-order valence-electron chi connectivity index (χ1n) is 13.1. The number of amides is 1. The summed E-state index contributed by atoms with van der Waals surface area (Å²) in [5.74, 6) is 1.16. The number of benzene rings is 2. The fourth-order valence-corrected chi connectivity index (χ4v) is 5.11. The van der Waals surface area contributed by atoms with Crippen molar-refractivity contribution in [2.45, 2.75) is 44.6 Å². The van der Waals surface area contributed by atoms with E-state index in [1.165, 1.54) is 50.9 Å². The molecule has 5 rings (SSSR count). The average molecular weight is 495 g/mol. The SMILES string of the molecule is O=C(NC1CCN(CCN2CCCCCC2)CC1)Oc1cc2c(Oc3ccc(F)cc3)cccc2[nH]1. The van der Waals surface area contributed by atoms with Gasteiger partial charge in [0.2, 0.25) is 5.88 Å². The van der Waals surface area contributed by atoms with Crippen LogP contribution in [0.25, 0.3) is 10.9 Å². The van der Waals surface area contributed by atoms with Crippen molar-refractivity contribution in [3.05, 3.63) is 54.3 Å². The lowest BCUT2D eigenvalue weighted by Gasteiger charge is -2.33. The minimum Gasteiger partial charge on any atom is -0.457 e. The maximum atomic E-state index is 13.2. The Morgan fingerprint density at radius 3 is 2.36 bits per heavy atom. The van der Waals surface area contributed by atoms with Gasteiger partial charge in [0.05, 0.1) is 5.52 Å². The van der Waals surface area contributed by atoms with E-state index < -0.39 is 6.09 Å². The number of aromatic nitrogens is 1. The molecule has 36 heavy (non-hydrogen) atoms. The summed E-state index contributed by atoms with van der Waals surface area (Å²) in [6.07, 6.45) is 6.79. The predicted molar refractivity (Wildman–Crippen MR) is 138 cm³/mol. The molecule has 2 fully saturated rings. The van der Waals surface area contributed by atoms with Crippen LogP contribution in [-0.2, 0) is 0 Å². The standard InChI is InChI=1S/C28H35FN4O3/c29-21-8-10-23(11-9-21)35-26-7-5-6-25-24(26)20-27(31-25)36-28(34)30-22-12-16-33(17-13-22)19-18-32-14-3-1-2-4-15-32/h5-11,20,22,31H,1-4,12-19H2,(H,30,34). The lowest BCUT2D eigenvalue weighted by molar-refractivity contribution is 0.157. The van der Waals surface area contributed by atoms with Crippen LogP contribution in [0.3, 0.4) is 0 Å². The van der Waals surface area contributed by atoms with Crippen LogP contribution in [0.2, 0.25) is 0 Å². The van der Waals surface area contributed by atoms with Crippen LogP contribution in [0.1, 0.15) is 38.5 Å². The van der Waals surface area contributed by atoms with Gasteiger partial charge < -0.3 is 29.6 Å². The molecule has 0 saturated carbocycles. The zero-order valence-corrected chi connectivity index (χ0v) is 20.7. The van der Waals surface area contributed by atoms with Gasteiger partial charge in [-0.3, -0.25) is 0 Å². The Morgan fingerprint density at radius 1 is 0.944 bits per heavy atom. The predicted octanol–water partition coefficient (Wildman–Crippen LogP) is 5.53. The first-order valence-corrected chi connectivity index (χ1v) is 13.1. The van der Waals surface area contributed by atoms with E-state index in [9.17, 15) is 9.18 Å². The summed E-state index contributed by atoms with van der Waals surface area (Å²) < 4.78 is 24.7. The molecule has 2 N–H and O–H groups in total. The maximum absolute atomic E-state index is 13.2. The van der Waals surface area contributed by atoms with E-state index in [-0.39, 0.29) is 11.9 Å². The fourth-order valence-electron chi connectivity index (χ4n) is 5.11. The van der Waals surface area contributed by atoms with E-state index in [0.717, 1.165) is 49.9 Å². The second-order valence-corrected chi connectivity index (χ2v) is 9.81. The van der Waals surface area contributed by atoms with Crippen molar-refractivity contribution >= 4 is 17.0 Å². The number of ether oxygens (including phenoxy) is 2. The zero-order valence-electron chi connectivity index (χ0n) is 20.7. The Morgan fingerprint density at radius 2 is 1.64 bits per heavy atom. The van der Waals surface area contributed by atoms with E-state index >= 15 is 0 Å². The van der Waals surface area contributed by atoms with E-state index in [0.29, 0.717) is 17.4 Å². The Balaban J connectivity index is 1.10. The van der Waals surface area contributed by atoms with Crippen molar-refractivity contribution in [1.29, 1.82) is 0 Å². The number of carbonyl (C=O) groups excluding carboxylic acids is 1. The van der Waals surface area contributed by atoms with Crippen molar-refractivity contribution in [3.63, 3.8) is 0 Å². The number of hydrogen-bond acceptors (Lipinski definition) is 5. The Hall–Kier alpha value is -3.10. The summed E-state index contributed by atoms with van der Waals surface area (Å²) >= 11 is 0. The molecule has 0 unspecified atom stereocenters. The number of nitrogens with one attached hydrogen (secondary N) is 2. The molecule has 0 bridgehead atoms. The average Bonchev–Trinajstić information content (AvgIpc) is 3.11. The minimum atomic E-state index is -0.453. The molecule has 1 amide bonds. The lowest BCUT2D eigenvalue weighted by atomic mass is 10.1. The van der Waals surface area contributed by atoms with Crippen LogP contribution in [0.5, 0.6) is 17.4 Å². The Kier molecular flexibility index (Phi) is 8.03. The summed E-state index contributed by atoms with van der Waals surface area (Å²) in [6, 6.07) is 13.3. The highest BCUT2D eigenvalue weighted by molar-refractivity contribution is 5.88. The summed E-state index contributed by atoms with van der Waals surface area (Å²) in [4.78, 5) is 20.8. The molecule has 192 valence electrons. The maximum Gasteiger partial charge on any atom is 0.414 e. The first-order chi connectivity index (χ1) is 17.6. The van der Waals surface area contributed by atoms with Crippen LogP contribution in [-0.4, -0.2) is 66.2 Å². The highest BCUT2D eigenvalue weighted by Crippen LogP contribution is 2.32. The third-order valence-electron chi connectivity index (χ3n) is 7.18. The number of aromatic amines is 1. The van der Waals surface area contributed by atoms with Gasteiger partial charge in [-0.1, -0.05) is 18.9 Å². The zero-order chi connectivity index (χ0) is 24.7. The Labute approximate surface area is 211 Å². The molecule has 3 heterocycles. The van der Waals surface area contributed by atoms with Gasteiger partial charge in [-0.25, -0.2) is 9.18 Å². The molecule has 2 saturated heterocycles. The van der Waals surface area contributed by atoms with Crippen molar-refractivity contribution < 1.29 is 18.7 Å². The molecule has 0 aliphatic carbocycles. The van der Waals surface area contributed by atoms with E-state index in [4.69, 9.17) is 9.47 Å². The number of piperidine rings is 1. The Bertz CT molecular complexity index is 1130. The van der Waals surface area contributed by atoms with Gasteiger partial charge in [0, 0.05) is 43.7 Å². The topological polar surface area (TPSA) is 69.8 Å². The van der Waals surface area contributed by atoms with Gasteiger partial charge in [0.15, 0.2) is 0 Å². The molecule has 3 aromatic rings. The molecule has 0 atom stereocenters. The summed E-state index contributed by atoms with van der Waals surface area (Å²) in [5, 5.41) is 3.80. The van der Waals surface area contributed by atoms with E-state index in [2.05, 4.69) is 20.1 Å². The van der Waals surface area contributed by atoms with Gasteiger partial charge in [-0.15, -0.1) is 0 Å². The minimum absolute atomic E-state index is 0.119. The first kappa shape index (κ1) is 24.6. The number of hydrogen-bond donors (Lipinski definition) is 2. The van der Waals surface area contributed by atoms with Crippen molar-refractivity contribution in [3.8, 4) is 17.4 Å². The van der Waals surface area contributed by atoms with Crippen LogP contribution < -0.4 is 14.8 Å². The number of nitrogens with zero attached hydrogens (tertiary/aromatic N) is 2. The quantitative estimate of drug-likeness (QED) is 0.452. The molecule has 8 heteroatoms. The van der Waals surface area contributed by atoms with E-state index in [1.54, 1.807) is 18.2 Å². The van der Waals surface area contributed by atoms with Gasteiger partial charge >= 0.3 is 6.09 Å². The van der Waals surface area contributed by atoms with Crippen molar-refractivity contribution in [2.75, 3.05) is 39.3 Å². The van der Waals surface area contributed by atoms with Crippen LogP contribution in [0.15, 0.2) is 48.5 Å². The highest BCUT2D eigenvalue weighted by Gasteiger charge is 2.22. The highest BCUT2D eigenvalue weighted by atomic mass is 19.1. The molecule has 2 aromatic carbocycles. The van der Waals surface area contributed by atoms with Crippen LogP contribution in [0.4, 0.5) is 9.18 Å². The second-order valence-electron chi connectivity index (χ2n) is 9.81. The molecular weight excluding hydrogens is 459 g/mol. The van der Waals surface area contributed by atoms with Gasteiger partial charge in [0.25, 0.3) is 0 Å². The van der Waals surface area contributed by atoms with Crippen molar-refractivity contribution in [2.24, 2.45) is 0 Å². The number of carbonyl (C=O) groups is 1. The molecule has 0 radical (unpaired) electrons. The molecule has 2 aliphatic rings. The van der Waals surface area contributed by atoms with Crippen LogP contribution in [0, 0.1) is 5.82 Å². The van der Waals surface area contributed by atoms with Crippen molar-refractivity contribution in [1.82, 2.24) is 20.1 Å². The number of rotatable bonds is 7. The number of likely N-dealkylation sites (tertiary alicyclic amines) is 2. The lowest BCUT2D eigenvalue weighted by Crippen LogP contribution is -2.47.